The third-order valence-electron chi connectivity index (χ3n) is 2.69. The molecule has 0 aliphatic rings. The van der Waals surface area contributed by atoms with Gasteiger partial charge >= 0.3 is 5.69 Å². The van der Waals surface area contributed by atoms with Crippen molar-refractivity contribution in [2.24, 2.45) is 0 Å². The highest BCUT2D eigenvalue weighted by molar-refractivity contribution is 5.42. The number of anilines is 1. The molecule has 2 rings (SSSR count). The van der Waals surface area contributed by atoms with Crippen LogP contribution in [-0.4, -0.2) is 14.5 Å². The average Bonchev–Trinajstić information content (AvgIpc) is 2.69. The molecule has 2 aromatic rings. The van der Waals surface area contributed by atoms with Crippen molar-refractivity contribution in [3.8, 4) is 0 Å². The molecule has 0 bridgehead atoms. The van der Waals surface area contributed by atoms with Gasteiger partial charge in [0.1, 0.15) is 0 Å². The summed E-state index contributed by atoms with van der Waals surface area (Å²) in [7, 11) is 0. The van der Waals surface area contributed by atoms with E-state index in [0.717, 1.165) is 24.4 Å². The van der Waals surface area contributed by atoms with Crippen molar-refractivity contribution in [3.63, 3.8) is 0 Å². The predicted octanol–water partition coefficient (Wildman–Crippen LogP) is 1.89. The number of aryl methyl sites for hydroxylation is 2. The van der Waals surface area contributed by atoms with E-state index in [1.807, 2.05) is 37.3 Å². The molecule has 0 spiro atoms. The minimum Gasteiger partial charge on any atom is -0.289 e. The molecule has 0 unspecified atom stereocenters. The number of nitrogens with zero attached hydrogens (tertiary/aromatic N) is 3. The van der Waals surface area contributed by atoms with Gasteiger partial charge in [0, 0.05) is 13.0 Å². The Bertz CT molecular complexity index is 556. The molecule has 0 saturated carbocycles. The van der Waals surface area contributed by atoms with Gasteiger partial charge in [-0.2, -0.15) is 9.77 Å². The second kappa shape index (κ2) is 5.53. The van der Waals surface area contributed by atoms with Crippen LogP contribution < -0.4 is 11.1 Å². The summed E-state index contributed by atoms with van der Waals surface area (Å²) in [5, 5.41) is 4.32. The molecule has 5 nitrogen and oxygen atoms in total. The van der Waals surface area contributed by atoms with Crippen molar-refractivity contribution in [3.05, 3.63) is 46.6 Å². The fraction of sp³-hybridized carbons (Fsp3) is 0.385. The van der Waals surface area contributed by atoms with E-state index in [0.29, 0.717) is 6.54 Å². The van der Waals surface area contributed by atoms with E-state index in [-0.39, 0.29) is 5.69 Å². The molecule has 5 heteroatoms. The van der Waals surface area contributed by atoms with Crippen molar-refractivity contribution >= 4 is 5.69 Å². The van der Waals surface area contributed by atoms with Gasteiger partial charge < -0.3 is 0 Å². The van der Waals surface area contributed by atoms with Crippen LogP contribution in [0.15, 0.2) is 35.1 Å². The lowest BCUT2D eigenvalue weighted by molar-refractivity contribution is 0.621. The van der Waals surface area contributed by atoms with Crippen molar-refractivity contribution in [2.45, 2.75) is 33.2 Å². The van der Waals surface area contributed by atoms with Crippen LogP contribution in [0, 0.1) is 0 Å². The number of hydrogen-bond acceptors (Lipinski definition) is 3. The number of aromatic nitrogens is 3. The minimum absolute atomic E-state index is 0.121. The number of rotatable bonds is 5. The zero-order valence-corrected chi connectivity index (χ0v) is 10.8. The molecule has 1 heterocycles. The van der Waals surface area contributed by atoms with Crippen molar-refractivity contribution < 1.29 is 0 Å². The monoisotopic (exact) mass is 246 g/mol. The maximum absolute atomic E-state index is 12.1. The molecule has 18 heavy (non-hydrogen) atoms. The Morgan fingerprint density at radius 1 is 1.22 bits per heavy atom. The zero-order chi connectivity index (χ0) is 13.0. The topological polar surface area (TPSA) is 51.9 Å². The van der Waals surface area contributed by atoms with Crippen LogP contribution in [0.1, 0.15) is 26.1 Å². The number of benzene rings is 1. The molecule has 0 aliphatic carbocycles. The third-order valence-corrected chi connectivity index (χ3v) is 2.69. The van der Waals surface area contributed by atoms with Gasteiger partial charge in [-0.1, -0.05) is 25.1 Å². The van der Waals surface area contributed by atoms with Gasteiger partial charge in [-0.15, -0.1) is 0 Å². The first-order chi connectivity index (χ1) is 8.76. The maximum Gasteiger partial charge on any atom is 0.365 e. The van der Waals surface area contributed by atoms with Gasteiger partial charge in [-0.05, 0) is 25.5 Å². The van der Waals surface area contributed by atoms with Crippen LogP contribution in [0.25, 0.3) is 0 Å². The lowest BCUT2D eigenvalue weighted by Gasteiger charge is -2.07. The molecule has 1 N–H and O–H groups in total. The van der Waals surface area contributed by atoms with E-state index in [1.165, 1.54) is 9.36 Å². The fourth-order valence-electron chi connectivity index (χ4n) is 1.80. The zero-order valence-electron chi connectivity index (χ0n) is 10.8. The predicted molar refractivity (Wildman–Crippen MR) is 71.6 cm³/mol. The molecule has 0 radical (unpaired) electrons. The SMILES string of the molecule is CCCc1nn(CC)c(=O)n1Nc1ccccc1. The summed E-state index contributed by atoms with van der Waals surface area (Å²) >= 11 is 0. The van der Waals surface area contributed by atoms with E-state index in [2.05, 4.69) is 17.4 Å². The van der Waals surface area contributed by atoms with Gasteiger partial charge in [-0.3, -0.25) is 5.43 Å². The highest BCUT2D eigenvalue weighted by atomic mass is 16.2. The van der Waals surface area contributed by atoms with Crippen molar-refractivity contribution in [1.82, 2.24) is 14.5 Å². The minimum atomic E-state index is -0.121. The van der Waals surface area contributed by atoms with E-state index in [1.54, 1.807) is 0 Å². The van der Waals surface area contributed by atoms with Crippen LogP contribution >= 0.6 is 0 Å². The Morgan fingerprint density at radius 2 is 1.94 bits per heavy atom. The fourth-order valence-corrected chi connectivity index (χ4v) is 1.80. The number of hydrogen-bond donors (Lipinski definition) is 1. The van der Waals surface area contributed by atoms with E-state index >= 15 is 0 Å². The van der Waals surface area contributed by atoms with Gasteiger partial charge in [0.25, 0.3) is 0 Å². The van der Waals surface area contributed by atoms with Crippen LogP contribution in [0.2, 0.25) is 0 Å². The van der Waals surface area contributed by atoms with Crippen molar-refractivity contribution in [2.75, 3.05) is 5.43 Å². The quantitative estimate of drug-likeness (QED) is 0.876. The second-order valence-electron chi connectivity index (χ2n) is 4.08. The van der Waals surface area contributed by atoms with Crippen LogP contribution in [0.5, 0.6) is 0 Å². The summed E-state index contributed by atoms with van der Waals surface area (Å²) in [6.07, 6.45) is 1.73. The average molecular weight is 246 g/mol. The molecular weight excluding hydrogens is 228 g/mol. The Labute approximate surface area is 106 Å². The first kappa shape index (κ1) is 12.4. The first-order valence-electron chi connectivity index (χ1n) is 6.27. The first-order valence-corrected chi connectivity index (χ1v) is 6.27. The molecule has 96 valence electrons. The number of para-hydroxylation sites is 1. The van der Waals surface area contributed by atoms with Gasteiger partial charge in [0.05, 0.1) is 5.69 Å². The molecular formula is C13H18N4O. The largest absolute Gasteiger partial charge is 0.365 e. The Balaban J connectivity index is 2.36. The van der Waals surface area contributed by atoms with E-state index in [4.69, 9.17) is 0 Å². The smallest absolute Gasteiger partial charge is 0.289 e. The normalized spacial score (nSPS) is 10.6. The number of nitrogens with one attached hydrogen (secondary N) is 1. The molecule has 0 amide bonds. The van der Waals surface area contributed by atoms with Crippen LogP contribution in [0.3, 0.4) is 0 Å². The standard InChI is InChI=1S/C13H18N4O/c1-3-8-12-15-16(4-2)13(18)17(12)14-11-9-6-5-7-10-11/h5-7,9-10,14H,3-4,8H2,1-2H3. The Hall–Kier alpha value is -2.04. The van der Waals surface area contributed by atoms with Crippen LogP contribution in [-0.2, 0) is 13.0 Å². The highest BCUT2D eigenvalue weighted by Gasteiger charge is 2.11. The van der Waals surface area contributed by atoms with Gasteiger partial charge in [0.2, 0.25) is 0 Å². The van der Waals surface area contributed by atoms with E-state index in [9.17, 15) is 4.79 Å². The molecule has 0 aliphatic heterocycles. The molecule has 1 aromatic carbocycles. The van der Waals surface area contributed by atoms with Gasteiger partial charge in [-0.25, -0.2) is 9.48 Å². The lowest BCUT2D eigenvalue weighted by Crippen LogP contribution is -2.29. The molecule has 0 saturated heterocycles. The summed E-state index contributed by atoms with van der Waals surface area (Å²) in [6, 6.07) is 9.64. The highest BCUT2D eigenvalue weighted by Crippen LogP contribution is 2.06. The summed E-state index contributed by atoms with van der Waals surface area (Å²) < 4.78 is 3.00. The second-order valence-corrected chi connectivity index (χ2v) is 4.08. The van der Waals surface area contributed by atoms with E-state index < -0.39 is 0 Å². The van der Waals surface area contributed by atoms with Gasteiger partial charge in [0.15, 0.2) is 5.82 Å². The third kappa shape index (κ3) is 2.45. The van der Waals surface area contributed by atoms with Crippen LogP contribution in [0.4, 0.5) is 5.69 Å². The summed E-state index contributed by atoms with van der Waals surface area (Å²) in [4.78, 5) is 12.1. The Morgan fingerprint density at radius 3 is 2.56 bits per heavy atom. The Kier molecular flexibility index (Phi) is 3.82. The summed E-state index contributed by atoms with van der Waals surface area (Å²) in [6.45, 7) is 4.57. The summed E-state index contributed by atoms with van der Waals surface area (Å²) in [5.41, 5.74) is 3.86. The van der Waals surface area contributed by atoms with Crippen molar-refractivity contribution in [1.29, 1.82) is 0 Å². The maximum atomic E-state index is 12.1. The molecule has 0 fully saturated rings. The molecule has 1 aromatic heterocycles. The lowest BCUT2D eigenvalue weighted by atomic mass is 10.3. The molecule has 0 atom stereocenters. The summed E-state index contributed by atoms with van der Waals surface area (Å²) in [5.74, 6) is 0.771.